The first kappa shape index (κ1) is 29.4. The molecule has 0 aliphatic carbocycles. The minimum Gasteiger partial charge on any atom is -0.493 e. The molecule has 1 N–H and O–H groups in total. The first-order valence-electron chi connectivity index (χ1n) is 11.5. The van der Waals surface area contributed by atoms with Gasteiger partial charge in [0, 0.05) is 23.6 Å². The summed E-state index contributed by atoms with van der Waals surface area (Å²) >= 11 is 3.43. The fraction of sp³-hybridized carbons (Fsp3) is 0.440. The molecule has 36 heavy (non-hydrogen) atoms. The van der Waals surface area contributed by atoms with E-state index in [-0.39, 0.29) is 18.1 Å². The number of ether oxygens (including phenoxy) is 2. The van der Waals surface area contributed by atoms with Gasteiger partial charge in [-0.2, -0.15) is 0 Å². The number of unbranched alkanes of at least 4 members (excludes halogenated alkanes) is 1. The van der Waals surface area contributed by atoms with Crippen molar-refractivity contribution in [3.05, 3.63) is 52.5 Å². The Morgan fingerprint density at radius 2 is 1.78 bits per heavy atom. The van der Waals surface area contributed by atoms with Crippen LogP contribution < -0.4 is 19.1 Å². The van der Waals surface area contributed by atoms with Crippen molar-refractivity contribution in [3.63, 3.8) is 0 Å². The molecule has 0 aliphatic rings. The molecule has 0 radical (unpaired) electrons. The highest BCUT2D eigenvalue weighted by Crippen LogP contribution is 2.32. The Morgan fingerprint density at radius 1 is 1.08 bits per heavy atom. The summed E-state index contributed by atoms with van der Waals surface area (Å²) in [4.78, 5) is 27.8. The third kappa shape index (κ3) is 8.12. The molecule has 0 aliphatic heterocycles. The number of carbonyl (C=O) groups excluding carboxylic acids is 2. The van der Waals surface area contributed by atoms with E-state index >= 15 is 0 Å². The first-order valence-corrected chi connectivity index (χ1v) is 14.2. The molecule has 0 saturated carbocycles. The number of carbonyl (C=O) groups is 2. The summed E-state index contributed by atoms with van der Waals surface area (Å²) in [6.45, 7) is 3.80. The highest BCUT2D eigenvalue weighted by atomic mass is 79.9. The molecule has 1 atom stereocenters. The molecule has 11 heteroatoms. The Hall–Kier alpha value is -2.79. The van der Waals surface area contributed by atoms with Crippen LogP contribution in [0.15, 0.2) is 46.9 Å². The SMILES string of the molecule is CCCCNC(=O)[C@H](C)N(Cc1cccc(Br)c1)C(=O)CN(c1ccc(OC)c(OC)c1)S(C)(=O)=O. The second kappa shape index (κ2) is 13.5. The van der Waals surface area contributed by atoms with Crippen molar-refractivity contribution >= 4 is 43.5 Å². The van der Waals surface area contributed by atoms with Gasteiger partial charge in [-0.3, -0.25) is 13.9 Å². The normalized spacial score (nSPS) is 11.9. The van der Waals surface area contributed by atoms with E-state index in [4.69, 9.17) is 9.47 Å². The van der Waals surface area contributed by atoms with Gasteiger partial charge in [-0.15, -0.1) is 0 Å². The Morgan fingerprint density at radius 3 is 2.36 bits per heavy atom. The maximum Gasteiger partial charge on any atom is 0.244 e. The first-order chi connectivity index (χ1) is 17.0. The molecule has 0 aromatic heterocycles. The molecule has 2 aromatic carbocycles. The van der Waals surface area contributed by atoms with Gasteiger partial charge in [-0.25, -0.2) is 8.42 Å². The van der Waals surface area contributed by atoms with Crippen molar-refractivity contribution in [1.82, 2.24) is 10.2 Å². The number of hydrogen-bond acceptors (Lipinski definition) is 6. The third-order valence-corrected chi connectivity index (χ3v) is 7.21. The number of hydrogen-bond donors (Lipinski definition) is 1. The number of sulfonamides is 1. The lowest BCUT2D eigenvalue weighted by Gasteiger charge is -2.31. The minimum atomic E-state index is -3.85. The maximum atomic E-state index is 13.6. The quantitative estimate of drug-likeness (QED) is 0.361. The van der Waals surface area contributed by atoms with E-state index in [2.05, 4.69) is 21.2 Å². The molecule has 0 unspecified atom stereocenters. The number of amides is 2. The predicted octanol–water partition coefficient (Wildman–Crippen LogP) is 3.57. The Labute approximate surface area is 221 Å². The van der Waals surface area contributed by atoms with Gasteiger partial charge in [0.25, 0.3) is 0 Å². The van der Waals surface area contributed by atoms with Gasteiger partial charge in [0.05, 0.1) is 26.2 Å². The summed E-state index contributed by atoms with van der Waals surface area (Å²) in [7, 11) is -0.938. The number of nitrogens with zero attached hydrogens (tertiary/aromatic N) is 2. The molecule has 0 heterocycles. The van der Waals surface area contributed by atoms with E-state index in [0.717, 1.165) is 33.4 Å². The van der Waals surface area contributed by atoms with Gasteiger partial charge in [0.15, 0.2) is 11.5 Å². The lowest BCUT2D eigenvalue weighted by atomic mass is 10.1. The summed E-state index contributed by atoms with van der Waals surface area (Å²) < 4.78 is 37.8. The highest BCUT2D eigenvalue weighted by molar-refractivity contribution is 9.10. The Balaban J connectivity index is 2.40. The van der Waals surface area contributed by atoms with Crippen LogP contribution in [-0.4, -0.2) is 64.7 Å². The van der Waals surface area contributed by atoms with Gasteiger partial charge < -0.3 is 19.7 Å². The second-order valence-electron chi connectivity index (χ2n) is 8.28. The van der Waals surface area contributed by atoms with Crippen LogP contribution in [0, 0.1) is 0 Å². The molecule has 0 spiro atoms. The number of benzene rings is 2. The van der Waals surface area contributed by atoms with Crippen LogP contribution in [0.1, 0.15) is 32.3 Å². The van der Waals surface area contributed by atoms with Crippen molar-refractivity contribution in [2.24, 2.45) is 0 Å². The van der Waals surface area contributed by atoms with Gasteiger partial charge in [-0.1, -0.05) is 41.4 Å². The number of nitrogens with one attached hydrogen (secondary N) is 1. The third-order valence-electron chi connectivity index (χ3n) is 5.57. The van der Waals surface area contributed by atoms with Crippen LogP contribution in [0.4, 0.5) is 5.69 Å². The molecule has 0 bridgehead atoms. The van der Waals surface area contributed by atoms with E-state index in [1.165, 1.54) is 31.3 Å². The summed E-state index contributed by atoms with van der Waals surface area (Å²) in [5.41, 5.74) is 1.04. The maximum absolute atomic E-state index is 13.6. The van der Waals surface area contributed by atoms with E-state index in [1.807, 2.05) is 31.2 Å². The fourth-order valence-corrected chi connectivity index (χ4v) is 4.83. The van der Waals surface area contributed by atoms with Crippen molar-refractivity contribution in [2.75, 3.05) is 37.9 Å². The second-order valence-corrected chi connectivity index (χ2v) is 11.1. The minimum absolute atomic E-state index is 0.129. The summed E-state index contributed by atoms with van der Waals surface area (Å²) in [6.07, 6.45) is 2.76. The van der Waals surface area contributed by atoms with Gasteiger partial charge >= 0.3 is 0 Å². The summed E-state index contributed by atoms with van der Waals surface area (Å²) in [5, 5.41) is 2.85. The molecule has 2 rings (SSSR count). The van der Waals surface area contributed by atoms with Crippen LogP contribution in [0.2, 0.25) is 0 Å². The lowest BCUT2D eigenvalue weighted by molar-refractivity contribution is -0.139. The fourth-order valence-electron chi connectivity index (χ4n) is 3.54. The van der Waals surface area contributed by atoms with Gasteiger partial charge in [-0.05, 0) is 43.2 Å². The van der Waals surface area contributed by atoms with Crippen molar-refractivity contribution in [2.45, 2.75) is 39.3 Å². The standard InChI is InChI=1S/C25H34BrN3O6S/c1-6-7-13-27-25(31)18(2)28(16-19-9-8-10-20(26)14-19)24(30)17-29(36(5,32)33)21-11-12-22(34-3)23(15-21)35-4/h8-12,14-15,18H,6-7,13,16-17H2,1-5H3,(H,27,31)/t18-/m0/s1. The zero-order valence-electron chi connectivity index (χ0n) is 21.3. The Kier molecular flexibility index (Phi) is 11.0. The predicted molar refractivity (Wildman–Crippen MR) is 144 cm³/mol. The van der Waals surface area contributed by atoms with Crippen LogP contribution in [-0.2, 0) is 26.2 Å². The van der Waals surface area contributed by atoms with E-state index in [0.29, 0.717) is 18.0 Å². The lowest BCUT2D eigenvalue weighted by Crippen LogP contribution is -2.51. The van der Waals surface area contributed by atoms with Gasteiger partial charge in [0.2, 0.25) is 21.8 Å². The molecule has 0 fully saturated rings. The highest BCUT2D eigenvalue weighted by Gasteiger charge is 2.30. The zero-order chi connectivity index (χ0) is 26.9. The van der Waals surface area contributed by atoms with Crippen molar-refractivity contribution in [1.29, 1.82) is 0 Å². The topological polar surface area (TPSA) is 105 Å². The largest absolute Gasteiger partial charge is 0.493 e. The molecule has 198 valence electrons. The van der Waals surface area contributed by atoms with Crippen LogP contribution in [0.3, 0.4) is 0 Å². The van der Waals surface area contributed by atoms with Crippen molar-refractivity contribution < 1.29 is 27.5 Å². The summed E-state index contributed by atoms with van der Waals surface area (Å²) in [5.74, 6) is -0.0717. The van der Waals surface area contributed by atoms with Crippen molar-refractivity contribution in [3.8, 4) is 11.5 Å². The number of halogens is 1. The summed E-state index contributed by atoms with van der Waals surface area (Å²) in [6, 6.07) is 11.2. The average Bonchev–Trinajstić information content (AvgIpc) is 2.84. The molecule has 2 aromatic rings. The smallest absolute Gasteiger partial charge is 0.244 e. The van der Waals surface area contributed by atoms with E-state index < -0.39 is 28.5 Å². The molecular formula is C25H34BrN3O6S. The zero-order valence-corrected chi connectivity index (χ0v) is 23.7. The monoisotopic (exact) mass is 583 g/mol. The molecule has 9 nitrogen and oxygen atoms in total. The molecular weight excluding hydrogens is 550 g/mol. The molecule has 0 saturated heterocycles. The number of anilines is 1. The van der Waals surface area contributed by atoms with Crippen LogP contribution in [0.5, 0.6) is 11.5 Å². The Bertz CT molecular complexity index is 1160. The number of rotatable bonds is 13. The van der Waals surface area contributed by atoms with E-state index in [9.17, 15) is 18.0 Å². The molecule has 2 amide bonds. The van der Waals surface area contributed by atoms with Crippen LogP contribution >= 0.6 is 15.9 Å². The average molecular weight is 585 g/mol. The number of methoxy groups -OCH3 is 2. The van der Waals surface area contributed by atoms with Gasteiger partial charge in [0.1, 0.15) is 12.6 Å². The van der Waals surface area contributed by atoms with E-state index in [1.54, 1.807) is 13.0 Å². The van der Waals surface area contributed by atoms with Crippen LogP contribution in [0.25, 0.3) is 0 Å².